The molecule has 0 aliphatic rings. The van der Waals surface area contributed by atoms with Gasteiger partial charge in [-0.1, -0.05) is 15.9 Å². The number of alkyl halides is 1. The molecule has 1 aromatic rings. The predicted molar refractivity (Wildman–Crippen MR) is 60.3 cm³/mol. The Morgan fingerprint density at radius 3 is 3.00 bits per heavy atom. The monoisotopic (exact) mass is 277 g/mol. The third kappa shape index (κ3) is 3.15. The molecule has 78 valence electrons. The minimum atomic E-state index is 0.0696. The number of carbonyl (C=O) groups excluding carboxylic acids is 1. The van der Waals surface area contributed by atoms with Gasteiger partial charge in [-0.15, -0.1) is 11.3 Å². The zero-order valence-corrected chi connectivity index (χ0v) is 10.5. The molecule has 0 fully saturated rings. The lowest BCUT2D eigenvalue weighted by Gasteiger charge is -2.04. The fraction of sp³-hybridized carbons (Fsp3) is 0.556. The molecule has 1 unspecified atom stereocenters. The fourth-order valence-electron chi connectivity index (χ4n) is 0.940. The summed E-state index contributed by atoms with van der Waals surface area (Å²) in [5.74, 6) is 0.0696. The number of ketones is 1. The van der Waals surface area contributed by atoms with Crippen molar-refractivity contribution in [2.75, 3.05) is 13.7 Å². The molecule has 0 radical (unpaired) electrons. The van der Waals surface area contributed by atoms with Gasteiger partial charge in [-0.2, -0.15) is 0 Å². The number of nitrogens with zero attached hydrogens (tertiary/aromatic N) is 1. The van der Waals surface area contributed by atoms with Gasteiger partial charge in [-0.3, -0.25) is 4.79 Å². The van der Waals surface area contributed by atoms with E-state index in [4.69, 9.17) is 4.74 Å². The minimum absolute atomic E-state index is 0.0696. The normalized spacial score (nSPS) is 12.8. The average molecular weight is 278 g/mol. The van der Waals surface area contributed by atoms with Crippen LogP contribution in [0.1, 0.15) is 32.9 Å². The molecule has 0 aromatic carbocycles. The number of carbonyl (C=O) groups is 1. The summed E-state index contributed by atoms with van der Waals surface area (Å²) in [7, 11) is 1.67. The standard InChI is InChI=1S/C9H12BrNO2S/c1-6(12)8-5-11-9(14-8)7(10)3-4-13-2/h5,7H,3-4H2,1-2H3. The van der Waals surface area contributed by atoms with Crippen LogP contribution in [0.15, 0.2) is 6.20 Å². The second kappa shape index (κ2) is 5.58. The van der Waals surface area contributed by atoms with Crippen LogP contribution in [0.25, 0.3) is 0 Å². The Labute approximate surface area is 95.6 Å². The summed E-state index contributed by atoms with van der Waals surface area (Å²) >= 11 is 4.94. The maximum Gasteiger partial charge on any atom is 0.171 e. The molecule has 0 aliphatic heterocycles. The first kappa shape index (κ1) is 11.8. The lowest BCUT2D eigenvalue weighted by Crippen LogP contribution is -1.94. The topological polar surface area (TPSA) is 39.2 Å². The first-order valence-electron chi connectivity index (χ1n) is 4.24. The van der Waals surface area contributed by atoms with Gasteiger partial charge in [0.15, 0.2) is 5.78 Å². The van der Waals surface area contributed by atoms with Gasteiger partial charge >= 0.3 is 0 Å². The number of Topliss-reactive ketones (excluding diaryl/α,β-unsaturated/α-hetero) is 1. The summed E-state index contributed by atoms with van der Waals surface area (Å²) < 4.78 is 4.97. The molecule has 0 aliphatic carbocycles. The van der Waals surface area contributed by atoms with Crippen LogP contribution in [-0.4, -0.2) is 24.5 Å². The van der Waals surface area contributed by atoms with Crippen LogP contribution in [0.3, 0.4) is 0 Å². The molecule has 0 amide bonds. The number of methoxy groups -OCH3 is 1. The van der Waals surface area contributed by atoms with E-state index in [2.05, 4.69) is 20.9 Å². The first-order chi connectivity index (χ1) is 6.65. The summed E-state index contributed by atoms with van der Waals surface area (Å²) in [6, 6.07) is 0. The lowest BCUT2D eigenvalue weighted by molar-refractivity contribution is 0.102. The zero-order chi connectivity index (χ0) is 10.6. The van der Waals surface area contributed by atoms with E-state index < -0.39 is 0 Å². The number of rotatable bonds is 5. The number of hydrogen-bond donors (Lipinski definition) is 0. The Bertz CT molecular complexity index is 314. The van der Waals surface area contributed by atoms with E-state index in [9.17, 15) is 4.79 Å². The van der Waals surface area contributed by atoms with Crippen LogP contribution in [0.4, 0.5) is 0 Å². The Hall–Kier alpha value is -0.260. The van der Waals surface area contributed by atoms with Crippen molar-refractivity contribution < 1.29 is 9.53 Å². The first-order valence-corrected chi connectivity index (χ1v) is 5.98. The summed E-state index contributed by atoms with van der Waals surface area (Å²) in [4.78, 5) is 16.1. The number of halogens is 1. The van der Waals surface area contributed by atoms with Crippen LogP contribution < -0.4 is 0 Å². The van der Waals surface area contributed by atoms with Gasteiger partial charge < -0.3 is 4.74 Å². The molecule has 0 spiro atoms. The van der Waals surface area contributed by atoms with E-state index in [-0.39, 0.29) is 10.6 Å². The number of thiazole rings is 1. The maximum absolute atomic E-state index is 11.0. The van der Waals surface area contributed by atoms with Crippen LogP contribution in [-0.2, 0) is 4.74 Å². The van der Waals surface area contributed by atoms with E-state index in [1.165, 1.54) is 11.3 Å². The van der Waals surface area contributed by atoms with Gasteiger partial charge in [-0.25, -0.2) is 4.98 Å². The Morgan fingerprint density at radius 1 is 1.79 bits per heavy atom. The highest BCUT2D eigenvalue weighted by Crippen LogP contribution is 2.29. The smallest absolute Gasteiger partial charge is 0.171 e. The molecule has 1 rings (SSSR count). The summed E-state index contributed by atoms with van der Waals surface area (Å²) in [6.45, 7) is 2.24. The maximum atomic E-state index is 11.0. The van der Waals surface area contributed by atoms with Crippen molar-refractivity contribution in [3.8, 4) is 0 Å². The highest BCUT2D eigenvalue weighted by molar-refractivity contribution is 9.09. The highest BCUT2D eigenvalue weighted by Gasteiger charge is 2.13. The quantitative estimate of drug-likeness (QED) is 0.614. The molecule has 14 heavy (non-hydrogen) atoms. The molecule has 0 N–H and O–H groups in total. The van der Waals surface area contributed by atoms with Crippen molar-refractivity contribution in [3.05, 3.63) is 16.1 Å². The van der Waals surface area contributed by atoms with Gasteiger partial charge in [0.1, 0.15) is 5.01 Å². The molecule has 0 saturated heterocycles. The molecule has 5 heteroatoms. The van der Waals surface area contributed by atoms with Crippen LogP contribution >= 0.6 is 27.3 Å². The lowest BCUT2D eigenvalue weighted by atomic mass is 10.3. The Kier molecular flexibility index (Phi) is 4.71. The van der Waals surface area contributed by atoms with E-state index in [0.29, 0.717) is 11.5 Å². The van der Waals surface area contributed by atoms with Crippen molar-refractivity contribution in [3.63, 3.8) is 0 Å². The van der Waals surface area contributed by atoms with E-state index >= 15 is 0 Å². The molecule has 1 aromatic heterocycles. The number of ether oxygens (including phenoxy) is 1. The van der Waals surface area contributed by atoms with E-state index in [0.717, 1.165) is 11.4 Å². The van der Waals surface area contributed by atoms with Gasteiger partial charge in [0.2, 0.25) is 0 Å². The third-order valence-electron chi connectivity index (χ3n) is 1.71. The van der Waals surface area contributed by atoms with E-state index in [1.54, 1.807) is 20.2 Å². The van der Waals surface area contributed by atoms with Gasteiger partial charge in [0.25, 0.3) is 0 Å². The van der Waals surface area contributed by atoms with Crippen molar-refractivity contribution >= 4 is 33.0 Å². The molecular formula is C9H12BrNO2S. The molecular weight excluding hydrogens is 266 g/mol. The molecule has 3 nitrogen and oxygen atoms in total. The van der Waals surface area contributed by atoms with Crippen molar-refractivity contribution in [2.24, 2.45) is 0 Å². The Balaban J connectivity index is 2.61. The van der Waals surface area contributed by atoms with Crippen molar-refractivity contribution in [2.45, 2.75) is 18.2 Å². The van der Waals surface area contributed by atoms with Crippen LogP contribution in [0.2, 0.25) is 0 Å². The van der Waals surface area contributed by atoms with E-state index in [1.807, 2.05) is 0 Å². The fourth-order valence-corrected chi connectivity index (χ4v) is 2.35. The average Bonchev–Trinajstić information content (AvgIpc) is 2.62. The Morgan fingerprint density at radius 2 is 2.50 bits per heavy atom. The van der Waals surface area contributed by atoms with Crippen LogP contribution in [0.5, 0.6) is 0 Å². The minimum Gasteiger partial charge on any atom is -0.385 e. The molecule has 1 atom stereocenters. The summed E-state index contributed by atoms with van der Waals surface area (Å²) in [5.41, 5.74) is 0. The second-order valence-corrected chi connectivity index (χ2v) is 5.04. The molecule has 0 saturated carbocycles. The number of aromatic nitrogens is 1. The van der Waals surface area contributed by atoms with Gasteiger partial charge in [0, 0.05) is 26.8 Å². The highest BCUT2D eigenvalue weighted by atomic mass is 79.9. The predicted octanol–water partition coefficient (Wildman–Crippen LogP) is 2.82. The summed E-state index contributed by atoms with van der Waals surface area (Å²) in [5, 5.41) is 0.937. The van der Waals surface area contributed by atoms with Crippen molar-refractivity contribution in [1.29, 1.82) is 0 Å². The van der Waals surface area contributed by atoms with Gasteiger partial charge in [-0.05, 0) is 6.42 Å². The SMILES string of the molecule is COCCC(Br)c1ncc(C(C)=O)s1. The number of hydrogen-bond acceptors (Lipinski definition) is 4. The van der Waals surface area contributed by atoms with Gasteiger partial charge in [0.05, 0.1) is 9.70 Å². The molecule has 0 bridgehead atoms. The molecule has 1 heterocycles. The second-order valence-electron chi connectivity index (χ2n) is 2.87. The van der Waals surface area contributed by atoms with Crippen molar-refractivity contribution in [1.82, 2.24) is 4.98 Å². The summed E-state index contributed by atoms with van der Waals surface area (Å²) in [6.07, 6.45) is 2.49. The zero-order valence-electron chi connectivity index (χ0n) is 8.12. The van der Waals surface area contributed by atoms with Crippen LogP contribution in [0, 0.1) is 0 Å². The third-order valence-corrected chi connectivity index (χ3v) is 4.12. The largest absolute Gasteiger partial charge is 0.385 e.